The van der Waals surface area contributed by atoms with Gasteiger partial charge in [-0.1, -0.05) is 6.07 Å². The molecule has 0 saturated carbocycles. The lowest BCUT2D eigenvalue weighted by molar-refractivity contribution is -0.175. The predicted molar refractivity (Wildman–Crippen MR) is 60.1 cm³/mol. The lowest BCUT2D eigenvalue weighted by Crippen LogP contribution is -2.26. The number of alkyl halides is 6. The van der Waals surface area contributed by atoms with E-state index in [1.54, 1.807) is 0 Å². The molecule has 9 heteroatoms. The quantitative estimate of drug-likeness (QED) is 0.836. The molecule has 21 heavy (non-hydrogen) atoms. The van der Waals surface area contributed by atoms with Crippen LogP contribution in [-0.2, 0) is 10.9 Å². The SMILES string of the molecule is CNC(COCC(F)(F)F)c1ccc(F)c(C(F)(F)F)c1. The van der Waals surface area contributed by atoms with E-state index >= 15 is 0 Å². The molecule has 120 valence electrons. The minimum atomic E-state index is -4.88. The molecule has 1 aromatic rings. The van der Waals surface area contributed by atoms with Gasteiger partial charge in [0.15, 0.2) is 0 Å². The van der Waals surface area contributed by atoms with E-state index < -0.39 is 43.0 Å². The van der Waals surface area contributed by atoms with Gasteiger partial charge in [-0.3, -0.25) is 0 Å². The molecule has 0 spiro atoms. The molecule has 0 saturated heterocycles. The lowest BCUT2D eigenvalue weighted by atomic mass is 10.0. The van der Waals surface area contributed by atoms with Gasteiger partial charge in [-0.2, -0.15) is 26.3 Å². The summed E-state index contributed by atoms with van der Waals surface area (Å²) in [4.78, 5) is 0. The minimum absolute atomic E-state index is 0.0200. The Balaban J connectivity index is 2.86. The first-order chi connectivity index (χ1) is 9.54. The van der Waals surface area contributed by atoms with Crippen LogP contribution in [0.5, 0.6) is 0 Å². The van der Waals surface area contributed by atoms with Crippen LogP contribution in [0.1, 0.15) is 17.2 Å². The van der Waals surface area contributed by atoms with Gasteiger partial charge in [0.1, 0.15) is 12.4 Å². The summed E-state index contributed by atoms with van der Waals surface area (Å²) in [5.41, 5.74) is -1.50. The standard InChI is InChI=1S/C12H12F7NO/c1-20-10(5-21-6-11(14,15)16)7-2-3-9(13)8(4-7)12(17,18)19/h2-4,10,20H,5-6H2,1H3. The number of ether oxygens (including phenoxy) is 1. The van der Waals surface area contributed by atoms with Gasteiger partial charge in [-0.15, -0.1) is 0 Å². The molecule has 1 aromatic carbocycles. The van der Waals surface area contributed by atoms with Crippen LogP contribution in [0.2, 0.25) is 0 Å². The Labute approximate surface area is 115 Å². The second-order valence-corrected chi connectivity index (χ2v) is 4.21. The van der Waals surface area contributed by atoms with Gasteiger partial charge in [-0.25, -0.2) is 4.39 Å². The molecule has 0 heterocycles. The fraction of sp³-hybridized carbons (Fsp3) is 0.500. The maximum absolute atomic E-state index is 13.1. The molecule has 0 fully saturated rings. The Hall–Kier alpha value is -1.35. The third-order valence-electron chi connectivity index (χ3n) is 2.60. The molecule has 0 bridgehead atoms. The van der Waals surface area contributed by atoms with Gasteiger partial charge in [-0.05, 0) is 24.7 Å². The lowest BCUT2D eigenvalue weighted by Gasteiger charge is -2.19. The molecule has 0 aromatic heterocycles. The van der Waals surface area contributed by atoms with E-state index in [2.05, 4.69) is 10.1 Å². The average Bonchev–Trinajstić information content (AvgIpc) is 2.33. The second-order valence-electron chi connectivity index (χ2n) is 4.21. The molecular formula is C12H12F7NO. The molecule has 0 amide bonds. The molecule has 2 nitrogen and oxygen atoms in total. The summed E-state index contributed by atoms with van der Waals surface area (Å²) in [5.74, 6) is -1.45. The van der Waals surface area contributed by atoms with Crippen LogP contribution in [-0.4, -0.2) is 26.4 Å². The molecule has 0 aliphatic carbocycles. The molecule has 1 unspecified atom stereocenters. The van der Waals surface area contributed by atoms with Gasteiger partial charge in [0, 0.05) is 0 Å². The van der Waals surface area contributed by atoms with Crippen molar-refractivity contribution in [1.29, 1.82) is 0 Å². The van der Waals surface area contributed by atoms with Crippen LogP contribution in [0.4, 0.5) is 30.7 Å². The monoisotopic (exact) mass is 319 g/mol. The highest BCUT2D eigenvalue weighted by Gasteiger charge is 2.35. The second kappa shape index (κ2) is 6.61. The van der Waals surface area contributed by atoms with Crippen molar-refractivity contribution in [3.63, 3.8) is 0 Å². The van der Waals surface area contributed by atoms with E-state index in [9.17, 15) is 30.7 Å². The smallest absolute Gasteiger partial charge is 0.370 e. The third kappa shape index (κ3) is 5.50. The van der Waals surface area contributed by atoms with Crippen molar-refractivity contribution < 1.29 is 35.5 Å². The van der Waals surface area contributed by atoms with E-state index in [0.29, 0.717) is 12.1 Å². The highest BCUT2D eigenvalue weighted by atomic mass is 19.4. The Bertz CT molecular complexity index is 470. The van der Waals surface area contributed by atoms with Gasteiger partial charge in [0.05, 0.1) is 18.2 Å². The van der Waals surface area contributed by atoms with Crippen molar-refractivity contribution >= 4 is 0 Å². The molecule has 0 aliphatic heterocycles. The van der Waals surface area contributed by atoms with Gasteiger partial charge in [0.2, 0.25) is 0 Å². The number of nitrogens with one attached hydrogen (secondary N) is 1. The van der Waals surface area contributed by atoms with Gasteiger partial charge in [0.25, 0.3) is 0 Å². The number of hydrogen-bond acceptors (Lipinski definition) is 2. The molecule has 1 N–H and O–H groups in total. The van der Waals surface area contributed by atoms with Crippen molar-refractivity contribution in [2.24, 2.45) is 0 Å². The fourth-order valence-electron chi connectivity index (χ4n) is 1.62. The van der Waals surface area contributed by atoms with Crippen molar-refractivity contribution in [1.82, 2.24) is 5.32 Å². The summed E-state index contributed by atoms with van der Waals surface area (Å²) < 4.78 is 91.0. The summed E-state index contributed by atoms with van der Waals surface area (Å²) in [7, 11) is 1.35. The van der Waals surface area contributed by atoms with Crippen LogP contribution in [0.25, 0.3) is 0 Å². The van der Waals surface area contributed by atoms with E-state index in [4.69, 9.17) is 0 Å². The molecule has 0 aliphatic rings. The van der Waals surface area contributed by atoms with Crippen LogP contribution in [0.3, 0.4) is 0 Å². The summed E-state index contributed by atoms with van der Waals surface area (Å²) in [6, 6.07) is 1.30. The normalized spacial score (nSPS) is 14.3. The first-order valence-electron chi connectivity index (χ1n) is 5.73. The predicted octanol–water partition coefficient (Wildman–Crippen LogP) is 3.68. The minimum Gasteiger partial charge on any atom is -0.370 e. The number of hydrogen-bond donors (Lipinski definition) is 1. The molecule has 1 rings (SSSR count). The van der Waals surface area contributed by atoms with Crippen molar-refractivity contribution in [2.75, 3.05) is 20.3 Å². The van der Waals surface area contributed by atoms with Crippen LogP contribution in [0, 0.1) is 5.82 Å². The topological polar surface area (TPSA) is 21.3 Å². The van der Waals surface area contributed by atoms with Crippen LogP contribution in [0.15, 0.2) is 18.2 Å². The highest BCUT2D eigenvalue weighted by Crippen LogP contribution is 2.33. The number of halogens is 7. The Morgan fingerprint density at radius 2 is 1.76 bits per heavy atom. The van der Waals surface area contributed by atoms with Gasteiger partial charge < -0.3 is 10.1 Å². The van der Waals surface area contributed by atoms with E-state index in [-0.39, 0.29) is 5.56 Å². The van der Waals surface area contributed by atoms with Crippen molar-refractivity contribution in [2.45, 2.75) is 18.4 Å². The zero-order valence-electron chi connectivity index (χ0n) is 10.8. The van der Waals surface area contributed by atoms with Crippen molar-refractivity contribution in [3.05, 3.63) is 35.1 Å². The first-order valence-corrected chi connectivity index (χ1v) is 5.73. The third-order valence-corrected chi connectivity index (χ3v) is 2.60. The zero-order valence-corrected chi connectivity index (χ0v) is 10.8. The molecule has 1 atom stereocenters. The fourth-order valence-corrected chi connectivity index (χ4v) is 1.62. The first kappa shape index (κ1) is 17.7. The van der Waals surface area contributed by atoms with Crippen molar-refractivity contribution in [3.8, 4) is 0 Å². The zero-order chi connectivity index (χ0) is 16.3. The maximum Gasteiger partial charge on any atom is 0.419 e. The van der Waals surface area contributed by atoms with E-state index in [1.165, 1.54) is 7.05 Å². The summed E-state index contributed by atoms with van der Waals surface area (Å²) in [6.07, 6.45) is -9.41. The van der Waals surface area contributed by atoms with Crippen LogP contribution < -0.4 is 5.32 Å². The number of likely N-dealkylation sites (N-methyl/N-ethyl adjacent to an activating group) is 1. The van der Waals surface area contributed by atoms with Crippen LogP contribution >= 0.6 is 0 Å². The average molecular weight is 319 g/mol. The largest absolute Gasteiger partial charge is 0.419 e. The Morgan fingerprint density at radius 1 is 1.14 bits per heavy atom. The summed E-state index contributed by atoms with van der Waals surface area (Å²) >= 11 is 0. The number of rotatable bonds is 5. The van der Waals surface area contributed by atoms with E-state index in [0.717, 1.165) is 6.07 Å². The molecule has 0 radical (unpaired) electrons. The Kier molecular flexibility index (Phi) is 5.57. The number of benzene rings is 1. The van der Waals surface area contributed by atoms with E-state index in [1.807, 2.05) is 0 Å². The van der Waals surface area contributed by atoms with Gasteiger partial charge >= 0.3 is 12.4 Å². The maximum atomic E-state index is 13.1. The summed E-state index contributed by atoms with van der Waals surface area (Å²) in [5, 5.41) is 2.52. The Morgan fingerprint density at radius 3 is 2.24 bits per heavy atom. The highest BCUT2D eigenvalue weighted by molar-refractivity contribution is 5.29. The molecular weight excluding hydrogens is 307 g/mol. The summed E-state index contributed by atoms with van der Waals surface area (Å²) in [6.45, 7) is -2.02.